The van der Waals surface area contributed by atoms with E-state index in [2.05, 4.69) is 5.32 Å². The molecule has 6 heteroatoms. The highest BCUT2D eigenvalue weighted by Gasteiger charge is 2.41. The molecule has 0 aromatic rings. The van der Waals surface area contributed by atoms with E-state index in [-0.39, 0.29) is 29.8 Å². The van der Waals surface area contributed by atoms with E-state index in [9.17, 15) is 9.59 Å². The van der Waals surface area contributed by atoms with Gasteiger partial charge in [0, 0.05) is 25.0 Å². The number of ether oxygens (including phenoxy) is 1. The Morgan fingerprint density at radius 2 is 1.89 bits per heavy atom. The van der Waals surface area contributed by atoms with Crippen LogP contribution in [-0.2, 0) is 9.53 Å². The van der Waals surface area contributed by atoms with E-state index in [0.29, 0.717) is 26.1 Å². The minimum atomic E-state index is -0.451. The SMILES string of the molecule is CC(C)(C)OC(=O)N1CCC2(CC1)CC(=O)CN2.Cl. The molecule has 0 aromatic carbocycles. The highest BCUT2D eigenvalue weighted by Crippen LogP contribution is 2.29. The van der Waals surface area contributed by atoms with Crippen molar-refractivity contribution in [1.29, 1.82) is 0 Å². The highest BCUT2D eigenvalue weighted by atomic mass is 35.5. The Bertz CT molecular complexity index is 357. The van der Waals surface area contributed by atoms with E-state index in [1.807, 2.05) is 20.8 Å². The number of nitrogens with one attached hydrogen (secondary N) is 1. The number of nitrogens with zero attached hydrogens (tertiary/aromatic N) is 1. The molecule has 0 saturated carbocycles. The third-order valence-corrected chi connectivity index (χ3v) is 3.57. The summed E-state index contributed by atoms with van der Waals surface area (Å²) in [7, 11) is 0. The molecule has 0 atom stereocenters. The van der Waals surface area contributed by atoms with Crippen molar-refractivity contribution >= 4 is 24.3 Å². The van der Waals surface area contributed by atoms with Gasteiger partial charge in [-0.15, -0.1) is 12.4 Å². The maximum absolute atomic E-state index is 11.9. The number of piperidine rings is 1. The van der Waals surface area contributed by atoms with Gasteiger partial charge in [0.1, 0.15) is 11.4 Å². The molecule has 5 nitrogen and oxygen atoms in total. The van der Waals surface area contributed by atoms with Crippen LogP contribution in [0.3, 0.4) is 0 Å². The molecule has 19 heavy (non-hydrogen) atoms. The maximum Gasteiger partial charge on any atom is 0.410 e. The second-order valence-corrected chi connectivity index (χ2v) is 6.32. The minimum Gasteiger partial charge on any atom is -0.444 e. The fraction of sp³-hybridized carbons (Fsp3) is 0.846. The van der Waals surface area contributed by atoms with Crippen molar-refractivity contribution in [3.8, 4) is 0 Å². The van der Waals surface area contributed by atoms with Crippen LogP contribution >= 0.6 is 12.4 Å². The molecule has 2 saturated heterocycles. The first-order valence-corrected chi connectivity index (χ1v) is 6.54. The van der Waals surface area contributed by atoms with E-state index in [4.69, 9.17) is 4.74 Å². The molecule has 2 fully saturated rings. The van der Waals surface area contributed by atoms with Crippen LogP contribution < -0.4 is 5.32 Å². The fourth-order valence-electron chi connectivity index (χ4n) is 2.59. The molecular formula is C13H23ClN2O3. The van der Waals surface area contributed by atoms with Gasteiger partial charge in [-0.2, -0.15) is 0 Å². The number of ketones is 1. The van der Waals surface area contributed by atoms with Crippen LogP contribution in [0.25, 0.3) is 0 Å². The van der Waals surface area contributed by atoms with Gasteiger partial charge in [-0.3, -0.25) is 4.79 Å². The molecule has 0 radical (unpaired) electrons. The first-order valence-electron chi connectivity index (χ1n) is 6.54. The van der Waals surface area contributed by atoms with Gasteiger partial charge in [0.25, 0.3) is 0 Å². The zero-order valence-electron chi connectivity index (χ0n) is 11.8. The van der Waals surface area contributed by atoms with Crippen LogP contribution in [0.2, 0.25) is 0 Å². The molecule has 0 unspecified atom stereocenters. The number of carbonyl (C=O) groups excluding carboxylic acids is 2. The molecule has 2 rings (SSSR count). The first-order chi connectivity index (χ1) is 8.30. The van der Waals surface area contributed by atoms with Crippen LogP contribution in [0, 0.1) is 0 Å². The highest BCUT2D eigenvalue weighted by molar-refractivity contribution is 5.85. The Morgan fingerprint density at radius 3 is 2.32 bits per heavy atom. The molecule has 1 spiro atoms. The molecule has 0 aromatic heterocycles. The molecule has 2 aliphatic heterocycles. The number of amides is 1. The van der Waals surface area contributed by atoms with E-state index >= 15 is 0 Å². The summed E-state index contributed by atoms with van der Waals surface area (Å²) in [4.78, 5) is 25.0. The van der Waals surface area contributed by atoms with Crippen molar-refractivity contribution in [2.75, 3.05) is 19.6 Å². The zero-order chi connectivity index (χ0) is 13.4. The molecule has 110 valence electrons. The van der Waals surface area contributed by atoms with Crippen LogP contribution in [0.1, 0.15) is 40.0 Å². The van der Waals surface area contributed by atoms with Crippen LogP contribution in [0.4, 0.5) is 4.79 Å². The normalized spacial score (nSPS) is 22.3. The van der Waals surface area contributed by atoms with Crippen LogP contribution in [0.5, 0.6) is 0 Å². The number of carbonyl (C=O) groups is 2. The Kier molecular flexibility index (Phi) is 4.85. The van der Waals surface area contributed by atoms with Gasteiger partial charge in [0.2, 0.25) is 0 Å². The molecule has 1 amide bonds. The van der Waals surface area contributed by atoms with Gasteiger partial charge in [-0.05, 0) is 33.6 Å². The Morgan fingerprint density at radius 1 is 1.32 bits per heavy atom. The molecule has 0 aliphatic carbocycles. The average molecular weight is 291 g/mol. The van der Waals surface area contributed by atoms with Crippen LogP contribution in [-0.4, -0.2) is 47.6 Å². The van der Waals surface area contributed by atoms with E-state index < -0.39 is 5.60 Å². The molecule has 2 aliphatic rings. The third-order valence-electron chi connectivity index (χ3n) is 3.57. The summed E-state index contributed by atoms with van der Waals surface area (Å²) in [6.07, 6.45) is 2.02. The van der Waals surface area contributed by atoms with Crippen molar-refractivity contribution in [1.82, 2.24) is 10.2 Å². The zero-order valence-corrected chi connectivity index (χ0v) is 12.6. The van der Waals surface area contributed by atoms with Crippen molar-refractivity contribution < 1.29 is 14.3 Å². The van der Waals surface area contributed by atoms with E-state index in [0.717, 1.165) is 12.8 Å². The summed E-state index contributed by atoms with van der Waals surface area (Å²) in [5.74, 6) is 0.278. The Hall–Kier alpha value is -0.810. The predicted molar refractivity (Wildman–Crippen MR) is 74.6 cm³/mol. The Labute approximate surface area is 120 Å². The number of Topliss-reactive ketones (excluding diaryl/α,β-unsaturated/α-hetero) is 1. The lowest BCUT2D eigenvalue weighted by Gasteiger charge is -2.39. The summed E-state index contributed by atoms with van der Waals surface area (Å²) in [6.45, 7) is 7.41. The minimum absolute atomic E-state index is 0. The van der Waals surface area contributed by atoms with Gasteiger partial charge in [-0.1, -0.05) is 0 Å². The lowest BCUT2D eigenvalue weighted by molar-refractivity contribution is -0.116. The van der Waals surface area contributed by atoms with E-state index in [1.165, 1.54) is 0 Å². The smallest absolute Gasteiger partial charge is 0.410 e. The molecule has 2 heterocycles. The van der Waals surface area contributed by atoms with Crippen molar-refractivity contribution in [3.05, 3.63) is 0 Å². The molecule has 0 bridgehead atoms. The summed E-state index contributed by atoms with van der Waals surface area (Å²) in [5, 5.41) is 3.30. The first kappa shape index (κ1) is 16.2. The van der Waals surface area contributed by atoms with Gasteiger partial charge in [-0.25, -0.2) is 4.79 Å². The molecule has 1 N–H and O–H groups in total. The van der Waals surface area contributed by atoms with Crippen LogP contribution in [0.15, 0.2) is 0 Å². The van der Waals surface area contributed by atoms with Gasteiger partial charge < -0.3 is 15.0 Å². The number of hydrogen-bond acceptors (Lipinski definition) is 4. The topological polar surface area (TPSA) is 58.6 Å². The number of hydrogen-bond donors (Lipinski definition) is 1. The third kappa shape index (κ3) is 4.08. The lowest BCUT2D eigenvalue weighted by Crippen LogP contribution is -2.52. The second-order valence-electron chi connectivity index (χ2n) is 6.32. The molecular weight excluding hydrogens is 268 g/mol. The number of likely N-dealkylation sites (tertiary alicyclic amines) is 1. The standard InChI is InChI=1S/C13H22N2O3.ClH/c1-12(2,3)18-11(17)15-6-4-13(5-7-15)8-10(16)9-14-13;/h14H,4-9H2,1-3H3;1H. The summed E-state index contributed by atoms with van der Waals surface area (Å²) in [5.41, 5.74) is -0.511. The van der Waals surface area contributed by atoms with Gasteiger partial charge in [0.15, 0.2) is 0 Å². The van der Waals surface area contributed by atoms with Gasteiger partial charge in [0.05, 0.1) is 6.54 Å². The predicted octanol–water partition coefficient (Wildman–Crippen LogP) is 1.74. The summed E-state index contributed by atoms with van der Waals surface area (Å²) >= 11 is 0. The van der Waals surface area contributed by atoms with Crippen molar-refractivity contribution in [2.24, 2.45) is 0 Å². The fourth-order valence-corrected chi connectivity index (χ4v) is 2.59. The summed E-state index contributed by atoms with van der Waals surface area (Å²) < 4.78 is 5.35. The summed E-state index contributed by atoms with van der Waals surface area (Å²) in [6, 6.07) is 0. The van der Waals surface area contributed by atoms with Crippen molar-refractivity contribution in [2.45, 2.75) is 51.2 Å². The largest absolute Gasteiger partial charge is 0.444 e. The quantitative estimate of drug-likeness (QED) is 0.738. The van der Waals surface area contributed by atoms with Crippen molar-refractivity contribution in [3.63, 3.8) is 0 Å². The number of rotatable bonds is 0. The lowest BCUT2D eigenvalue weighted by atomic mass is 9.86. The average Bonchev–Trinajstić information content (AvgIpc) is 2.58. The Balaban J connectivity index is 0.00000180. The van der Waals surface area contributed by atoms with E-state index in [1.54, 1.807) is 4.90 Å². The monoisotopic (exact) mass is 290 g/mol. The number of halogens is 1. The second kappa shape index (κ2) is 5.67. The van der Waals surface area contributed by atoms with Gasteiger partial charge >= 0.3 is 6.09 Å². The maximum atomic E-state index is 11.9.